The van der Waals surface area contributed by atoms with Gasteiger partial charge in [0.05, 0.1) is 6.61 Å². The Hall–Kier alpha value is -2.16. The van der Waals surface area contributed by atoms with Crippen LogP contribution in [0.15, 0.2) is 42.5 Å². The van der Waals surface area contributed by atoms with Crippen LogP contribution in [-0.2, 0) is 9.53 Å². The SMILES string of the molecule is CCOC(=O)C(CC)C(=O)c1ccc2ccccc2c1. The van der Waals surface area contributed by atoms with Gasteiger partial charge in [0.25, 0.3) is 0 Å². The number of rotatable bonds is 5. The highest BCUT2D eigenvalue weighted by Crippen LogP contribution is 2.20. The van der Waals surface area contributed by atoms with Gasteiger partial charge in [-0.1, -0.05) is 43.3 Å². The molecule has 0 saturated heterocycles. The van der Waals surface area contributed by atoms with Crippen LogP contribution in [0.4, 0.5) is 0 Å². The number of fused-ring (bicyclic) bond motifs is 1. The van der Waals surface area contributed by atoms with E-state index in [1.165, 1.54) is 0 Å². The molecule has 0 N–H and O–H groups in total. The molecule has 3 nitrogen and oxygen atoms in total. The fourth-order valence-electron chi connectivity index (χ4n) is 2.25. The van der Waals surface area contributed by atoms with Gasteiger partial charge in [-0.3, -0.25) is 9.59 Å². The van der Waals surface area contributed by atoms with E-state index in [4.69, 9.17) is 4.74 Å². The van der Waals surface area contributed by atoms with Gasteiger partial charge in [0.1, 0.15) is 5.92 Å². The summed E-state index contributed by atoms with van der Waals surface area (Å²) >= 11 is 0. The summed E-state index contributed by atoms with van der Waals surface area (Å²) in [6, 6.07) is 13.3. The molecule has 0 fully saturated rings. The van der Waals surface area contributed by atoms with E-state index in [0.29, 0.717) is 18.6 Å². The van der Waals surface area contributed by atoms with Gasteiger partial charge in [-0.25, -0.2) is 0 Å². The molecular formula is C17H18O3. The highest BCUT2D eigenvalue weighted by atomic mass is 16.5. The molecule has 0 bridgehead atoms. The van der Waals surface area contributed by atoms with Crippen LogP contribution >= 0.6 is 0 Å². The molecule has 0 aliphatic carbocycles. The molecule has 0 heterocycles. The number of hydrogen-bond donors (Lipinski definition) is 0. The maximum atomic E-state index is 12.4. The van der Waals surface area contributed by atoms with E-state index in [1.54, 1.807) is 13.0 Å². The standard InChI is InChI=1S/C17H18O3/c1-3-15(17(19)20-4-2)16(18)14-10-9-12-7-5-6-8-13(12)11-14/h5-11,15H,3-4H2,1-2H3. The molecule has 0 spiro atoms. The molecule has 0 aromatic heterocycles. The lowest BCUT2D eigenvalue weighted by Gasteiger charge is -2.12. The van der Waals surface area contributed by atoms with E-state index < -0.39 is 11.9 Å². The van der Waals surface area contributed by atoms with E-state index in [2.05, 4.69) is 0 Å². The molecule has 20 heavy (non-hydrogen) atoms. The summed E-state index contributed by atoms with van der Waals surface area (Å²) in [5.41, 5.74) is 0.559. The van der Waals surface area contributed by atoms with Crippen LogP contribution in [0.1, 0.15) is 30.6 Å². The monoisotopic (exact) mass is 270 g/mol. The van der Waals surface area contributed by atoms with Crippen molar-refractivity contribution in [1.82, 2.24) is 0 Å². The average molecular weight is 270 g/mol. The second-order valence-corrected chi connectivity index (χ2v) is 4.64. The van der Waals surface area contributed by atoms with Crippen LogP contribution in [0.5, 0.6) is 0 Å². The number of Topliss-reactive ketones (excluding diaryl/α,β-unsaturated/α-hetero) is 1. The van der Waals surface area contributed by atoms with Crippen molar-refractivity contribution < 1.29 is 14.3 Å². The van der Waals surface area contributed by atoms with Crippen LogP contribution in [0.3, 0.4) is 0 Å². The zero-order valence-electron chi connectivity index (χ0n) is 11.8. The lowest BCUT2D eigenvalue weighted by Crippen LogP contribution is -2.25. The highest BCUT2D eigenvalue weighted by molar-refractivity contribution is 6.10. The van der Waals surface area contributed by atoms with Crippen molar-refractivity contribution in [3.63, 3.8) is 0 Å². The Morgan fingerprint density at radius 3 is 2.40 bits per heavy atom. The minimum Gasteiger partial charge on any atom is -0.465 e. The predicted molar refractivity (Wildman–Crippen MR) is 78.7 cm³/mol. The average Bonchev–Trinajstić information content (AvgIpc) is 2.47. The smallest absolute Gasteiger partial charge is 0.316 e. The van der Waals surface area contributed by atoms with Crippen LogP contribution < -0.4 is 0 Å². The molecule has 1 atom stereocenters. The Kier molecular flexibility index (Phi) is 4.51. The lowest BCUT2D eigenvalue weighted by atomic mass is 9.94. The Bertz CT molecular complexity index is 631. The van der Waals surface area contributed by atoms with Gasteiger partial charge in [-0.05, 0) is 30.2 Å². The van der Waals surface area contributed by atoms with Crippen LogP contribution in [0, 0.1) is 5.92 Å². The summed E-state index contributed by atoms with van der Waals surface area (Å²) in [7, 11) is 0. The first-order chi connectivity index (χ1) is 9.67. The minimum atomic E-state index is -0.712. The van der Waals surface area contributed by atoms with E-state index in [1.807, 2.05) is 43.3 Å². The fourth-order valence-corrected chi connectivity index (χ4v) is 2.25. The first-order valence-electron chi connectivity index (χ1n) is 6.87. The number of carbonyl (C=O) groups excluding carboxylic acids is 2. The molecule has 0 amide bonds. The predicted octanol–water partition coefficient (Wildman–Crippen LogP) is 3.61. The van der Waals surface area contributed by atoms with Gasteiger partial charge in [0, 0.05) is 5.56 Å². The Morgan fingerprint density at radius 2 is 1.75 bits per heavy atom. The van der Waals surface area contributed by atoms with Crippen molar-refractivity contribution >= 4 is 22.5 Å². The second kappa shape index (κ2) is 6.33. The van der Waals surface area contributed by atoms with Crippen molar-refractivity contribution in [3.05, 3.63) is 48.0 Å². The molecule has 0 aliphatic heterocycles. The third kappa shape index (κ3) is 2.87. The summed E-state index contributed by atoms with van der Waals surface area (Å²) in [6.45, 7) is 3.85. The second-order valence-electron chi connectivity index (χ2n) is 4.64. The van der Waals surface area contributed by atoms with Gasteiger partial charge >= 0.3 is 5.97 Å². The number of ketones is 1. The third-order valence-corrected chi connectivity index (χ3v) is 3.33. The van der Waals surface area contributed by atoms with Crippen molar-refractivity contribution in [2.75, 3.05) is 6.61 Å². The minimum absolute atomic E-state index is 0.170. The van der Waals surface area contributed by atoms with Crippen molar-refractivity contribution in [2.24, 2.45) is 5.92 Å². The van der Waals surface area contributed by atoms with E-state index >= 15 is 0 Å². The normalized spacial score (nSPS) is 12.1. The number of hydrogen-bond acceptors (Lipinski definition) is 3. The summed E-state index contributed by atoms with van der Waals surface area (Å²) < 4.78 is 4.97. The molecule has 3 heteroatoms. The molecule has 2 rings (SSSR count). The molecule has 104 valence electrons. The molecular weight excluding hydrogens is 252 g/mol. The van der Waals surface area contributed by atoms with Crippen LogP contribution in [0.2, 0.25) is 0 Å². The maximum absolute atomic E-state index is 12.4. The highest BCUT2D eigenvalue weighted by Gasteiger charge is 2.27. The Morgan fingerprint density at radius 1 is 1.05 bits per heavy atom. The van der Waals surface area contributed by atoms with E-state index in [0.717, 1.165) is 10.8 Å². The quantitative estimate of drug-likeness (QED) is 0.473. The summed E-state index contributed by atoms with van der Waals surface area (Å²) in [5.74, 6) is -1.32. The van der Waals surface area contributed by atoms with Gasteiger partial charge in [0.2, 0.25) is 0 Å². The zero-order chi connectivity index (χ0) is 14.5. The van der Waals surface area contributed by atoms with Gasteiger partial charge in [-0.2, -0.15) is 0 Å². The molecule has 0 aliphatic rings. The largest absolute Gasteiger partial charge is 0.465 e. The molecule has 0 radical (unpaired) electrons. The number of carbonyl (C=O) groups is 2. The van der Waals surface area contributed by atoms with E-state index in [9.17, 15) is 9.59 Å². The van der Waals surface area contributed by atoms with Gasteiger partial charge < -0.3 is 4.74 Å². The van der Waals surface area contributed by atoms with Gasteiger partial charge in [0.15, 0.2) is 5.78 Å². The Balaban J connectivity index is 2.31. The molecule has 2 aromatic rings. The first kappa shape index (κ1) is 14.3. The maximum Gasteiger partial charge on any atom is 0.316 e. The topological polar surface area (TPSA) is 43.4 Å². The van der Waals surface area contributed by atoms with Crippen LogP contribution in [-0.4, -0.2) is 18.4 Å². The molecule has 2 aromatic carbocycles. The van der Waals surface area contributed by atoms with E-state index in [-0.39, 0.29) is 5.78 Å². The Labute approximate surface area is 118 Å². The van der Waals surface area contributed by atoms with Crippen LogP contribution in [0.25, 0.3) is 10.8 Å². The molecule has 1 unspecified atom stereocenters. The number of esters is 1. The summed E-state index contributed by atoms with van der Waals surface area (Å²) in [4.78, 5) is 24.2. The van der Waals surface area contributed by atoms with Gasteiger partial charge in [-0.15, -0.1) is 0 Å². The number of ether oxygens (including phenoxy) is 1. The fraction of sp³-hybridized carbons (Fsp3) is 0.294. The van der Waals surface area contributed by atoms with Crippen molar-refractivity contribution in [2.45, 2.75) is 20.3 Å². The zero-order valence-corrected chi connectivity index (χ0v) is 11.8. The number of benzene rings is 2. The van der Waals surface area contributed by atoms with Crippen molar-refractivity contribution in [1.29, 1.82) is 0 Å². The van der Waals surface area contributed by atoms with Crippen molar-refractivity contribution in [3.8, 4) is 0 Å². The summed E-state index contributed by atoms with van der Waals surface area (Å²) in [5, 5.41) is 2.07. The molecule has 0 saturated carbocycles. The first-order valence-corrected chi connectivity index (χ1v) is 6.87. The summed E-state index contributed by atoms with van der Waals surface area (Å²) in [6.07, 6.45) is 0.449. The third-order valence-electron chi connectivity index (χ3n) is 3.33. The lowest BCUT2D eigenvalue weighted by molar-refractivity contribution is -0.146.